The molecular formula is C11H7Cl2FN2. The van der Waals surface area contributed by atoms with Crippen molar-refractivity contribution in [1.82, 2.24) is 4.98 Å². The van der Waals surface area contributed by atoms with Gasteiger partial charge < -0.3 is 5.32 Å². The number of rotatable bonds is 2. The molecular weight excluding hydrogens is 250 g/mol. The molecule has 2 aromatic rings. The third-order valence-corrected chi connectivity index (χ3v) is 2.42. The van der Waals surface area contributed by atoms with Gasteiger partial charge in [-0.15, -0.1) is 0 Å². The minimum Gasteiger partial charge on any atom is -0.340 e. The number of nitrogens with zero attached hydrogens (tertiary/aromatic N) is 1. The number of hydrogen-bond acceptors (Lipinski definition) is 2. The molecule has 5 heteroatoms. The molecule has 0 saturated heterocycles. The smallest absolute Gasteiger partial charge is 0.143 e. The zero-order chi connectivity index (χ0) is 11.5. The molecule has 0 saturated carbocycles. The van der Waals surface area contributed by atoms with Crippen molar-refractivity contribution in [3.63, 3.8) is 0 Å². The van der Waals surface area contributed by atoms with E-state index in [1.165, 1.54) is 12.1 Å². The molecule has 0 bridgehead atoms. The Balaban J connectivity index is 2.24. The summed E-state index contributed by atoms with van der Waals surface area (Å²) in [7, 11) is 0. The molecule has 0 fully saturated rings. The summed E-state index contributed by atoms with van der Waals surface area (Å²) in [5, 5.41) is 3.38. The quantitative estimate of drug-likeness (QED) is 0.812. The molecule has 2 rings (SSSR count). The maximum absolute atomic E-state index is 13.1. The number of anilines is 2. The van der Waals surface area contributed by atoms with Crippen LogP contribution in [0.15, 0.2) is 36.4 Å². The van der Waals surface area contributed by atoms with Gasteiger partial charge in [-0.3, -0.25) is 0 Å². The van der Waals surface area contributed by atoms with Crippen LogP contribution in [-0.4, -0.2) is 4.98 Å². The molecule has 0 spiro atoms. The Hall–Kier alpha value is -1.32. The SMILES string of the molecule is Fc1cc(Nc2cccc(Cl)n2)ccc1Cl. The molecule has 1 N–H and O–H groups in total. The number of nitrogens with one attached hydrogen (secondary N) is 1. The predicted molar refractivity (Wildman–Crippen MR) is 63.9 cm³/mol. The molecule has 0 atom stereocenters. The molecule has 1 heterocycles. The monoisotopic (exact) mass is 256 g/mol. The predicted octanol–water partition coefficient (Wildman–Crippen LogP) is 4.27. The van der Waals surface area contributed by atoms with Crippen molar-refractivity contribution in [1.29, 1.82) is 0 Å². The van der Waals surface area contributed by atoms with Crippen LogP contribution in [0.1, 0.15) is 0 Å². The second-order valence-corrected chi connectivity index (χ2v) is 3.89. The first kappa shape index (κ1) is 11.2. The van der Waals surface area contributed by atoms with E-state index in [1.54, 1.807) is 24.3 Å². The van der Waals surface area contributed by atoms with Gasteiger partial charge in [-0.25, -0.2) is 9.37 Å². The van der Waals surface area contributed by atoms with E-state index in [1.807, 2.05) is 0 Å². The van der Waals surface area contributed by atoms with Crippen molar-refractivity contribution < 1.29 is 4.39 Å². The molecule has 82 valence electrons. The molecule has 1 aromatic carbocycles. The molecule has 16 heavy (non-hydrogen) atoms. The fourth-order valence-electron chi connectivity index (χ4n) is 1.20. The Morgan fingerprint density at radius 2 is 1.94 bits per heavy atom. The second-order valence-electron chi connectivity index (χ2n) is 3.10. The van der Waals surface area contributed by atoms with Crippen LogP contribution in [0.4, 0.5) is 15.9 Å². The highest BCUT2D eigenvalue weighted by molar-refractivity contribution is 6.30. The average molecular weight is 257 g/mol. The van der Waals surface area contributed by atoms with Crippen molar-refractivity contribution in [2.45, 2.75) is 0 Å². The van der Waals surface area contributed by atoms with Crippen LogP contribution in [0.3, 0.4) is 0 Å². The molecule has 1 aromatic heterocycles. The van der Waals surface area contributed by atoms with Crippen LogP contribution in [0, 0.1) is 5.82 Å². The summed E-state index contributed by atoms with van der Waals surface area (Å²) in [6, 6.07) is 9.58. The molecule has 0 aliphatic carbocycles. The van der Waals surface area contributed by atoms with Crippen molar-refractivity contribution in [3.8, 4) is 0 Å². The van der Waals surface area contributed by atoms with Crippen LogP contribution >= 0.6 is 23.2 Å². The summed E-state index contributed by atoms with van der Waals surface area (Å²) < 4.78 is 13.1. The van der Waals surface area contributed by atoms with Crippen molar-refractivity contribution in [2.24, 2.45) is 0 Å². The largest absolute Gasteiger partial charge is 0.340 e. The summed E-state index contributed by atoms with van der Waals surface area (Å²) in [5.41, 5.74) is 0.566. The molecule has 0 aliphatic rings. The van der Waals surface area contributed by atoms with E-state index >= 15 is 0 Å². The number of benzene rings is 1. The summed E-state index contributed by atoms with van der Waals surface area (Å²) in [5.74, 6) is 0.0721. The summed E-state index contributed by atoms with van der Waals surface area (Å²) in [6.07, 6.45) is 0. The summed E-state index contributed by atoms with van der Waals surface area (Å²) >= 11 is 11.3. The fourth-order valence-corrected chi connectivity index (χ4v) is 1.48. The summed E-state index contributed by atoms with van der Waals surface area (Å²) in [6.45, 7) is 0. The Morgan fingerprint density at radius 3 is 2.62 bits per heavy atom. The summed E-state index contributed by atoms with van der Waals surface area (Å²) in [4.78, 5) is 4.02. The van der Waals surface area contributed by atoms with Gasteiger partial charge in [0.2, 0.25) is 0 Å². The lowest BCUT2D eigenvalue weighted by molar-refractivity contribution is 0.629. The molecule has 0 unspecified atom stereocenters. The number of halogens is 3. The lowest BCUT2D eigenvalue weighted by Gasteiger charge is -2.06. The zero-order valence-electron chi connectivity index (χ0n) is 8.05. The average Bonchev–Trinajstić information content (AvgIpc) is 2.24. The third kappa shape index (κ3) is 2.62. The Kier molecular flexibility index (Phi) is 3.27. The van der Waals surface area contributed by atoms with E-state index < -0.39 is 5.82 Å². The molecule has 0 radical (unpaired) electrons. The molecule has 0 aliphatic heterocycles. The van der Waals surface area contributed by atoms with Crippen molar-refractivity contribution in [2.75, 3.05) is 5.32 Å². The van der Waals surface area contributed by atoms with Gasteiger partial charge in [0.25, 0.3) is 0 Å². The Bertz CT molecular complexity index is 517. The highest BCUT2D eigenvalue weighted by Gasteiger charge is 2.02. The van der Waals surface area contributed by atoms with Gasteiger partial charge in [0.1, 0.15) is 16.8 Å². The fraction of sp³-hybridized carbons (Fsp3) is 0. The Morgan fingerprint density at radius 1 is 1.12 bits per heavy atom. The third-order valence-electron chi connectivity index (χ3n) is 1.91. The maximum atomic E-state index is 13.1. The first-order valence-corrected chi connectivity index (χ1v) is 5.25. The maximum Gasteiger partial charge on any atom is 0.143 e. The molecule has 0 amide bonds. The van der Waals surface area contributed by atoms with Gasteiger partial charge in [-0.05, 0) is 30.3 Å². The highest BCUT2D eigenvalue weighted by atomic mass is 35.5. The van der Waals surface area contributed by atoms with Crippen LogP contribution < -0.4 is 5.32 Å². The molecule has 2 nitrogen and oxygen atoms in total. The standard InChI is InChI=1S/C11H7Cl2FN2/c12-8-5-4-7(6-9(8)14)15-11-3-1-2-10(13)16-11/h1-6H,(H,15,16). The topological polar surface area (TPSA) is 24.9 Å². The Labute approximate surface area is 102 Å². The van der Waals surface area contributed by atoms with E-state index in [0.29, 0.717) is 16.7 Å². The van der Waals surface area contributed by atoms with E-state index in [4.69, 9.17) is 23.2 Å². The van der Waals surface area contributed by atoms with E-state index in [2.05, 4.69) is 10.3 Å². The van der Waals surface area contributed by atoms with E-state index in [9.17, 15) is 4.39 Å². The van der Waals surface area contributed by atoms with Gasteiger partial charge >= 0.3 is 0 Å². The minimum absolute atomic E-state index is 0.0876. The van der Waals surface area contributed by atoms with Crippen LogP contribution in [0.5, 0.6) is 0 Å². The lowest BCUT2D eigenvalue weighted by Crippen LogP contribution is -1.93. The minimum atomic E-state index is -0.478. The number of hydrogen-bond donors (Lipinski definition) is 1. The van der Waals surface area contributed by atoms with Gasteiger partial charge in [0.15, 0.2) is 0 Å². The van der Waals surface area contributed by atoms with Gasteiger partial charge in [-0.2, -0.15) is 0 Å². The van der Waals surface area contributed by atoms with Crippen molar-refractivity contribution in [3.05, 3.63) is 52.4 Å². The van der Waals surface area contributed by atoms with Gasteiger partial charge in [0, 0.05) is 5.69 Å². The highest BCUT2D eigenvalue weighted by Crippen LogP contribution is 2.21. The lowest BCUT2D eigenvalue weighted by atomic mass is 10.3. The van der Waals surface area contributed by atoms with Crippen molar-refractivity contribution >= 4 is 34.7 Å². The number of aromatic nitrogens is 1. The van der Waals surface area contributed by atoms with Gasteiger partial charge in [-0.1, -0.05) is 29.3 Å². The van der Waals surface area contributed by atoms with Crippen LogP contribution in [-0.2, 0) is 0 Å². The van der Waals surface area contributed by atoms with E-state index in [0.717, 1.165) is 0 Å². The second kappa shape index (κ2) is 4.68. The van der Waals surface area contributed by atoms with E-state index in [-0.39, 0.29) is 5.02 Å². The zero-order valence-corrected chi connectivity index (χ0v) is 9.56. The van der Waals surface area contributed by atoms with Gasteiger partial charge in [0.05, 0.1) is 5.02 Å². The van der Waals surface area contributed by atoms with Crippen LogP contribution in [0.2, 0.25) is 10.2 Å². The first-order chi connectivity index (χ1) is 7.65. The number of pyridine rings is 1. The normalized spacial score (nSPS) is 10.2. The van der Waals surface area contributed by atoms with Crippen LogP contribution in [0.25, 0.3) is 0 Å². The first-order valence-electron chi connectivity index (χ1n) is 4.50.